The van der Waals surface area contributed by atoms with Crippen LogP contribution in [0.4, 0.5) is 11.4 Å². The molecule has 0 radical (unpaired) electrons. The number of nitrogens with zero attached hydrogens (tertiary/aromatic N) is 6. The van der Waals surface area contributed by atoms with Gasteiger partial charge in [-0.3, -0.25) is 20.2 Å². The number of non-ortho nitro benzene ring substituents is 2. The van der Waals surface area contributed by atoms with Crippen molar-refractivity contribution in [3.8, 4) is 22.9 Å². The summed E-state index contributed by atoms with van der Waals surface area (Å²) in [5.74, 6) is 1.75. The SMILES string of the molecule is COc1cc2nc(SCc3cccc([N+](=O)[O-])c3)n3nc(-c4ccc([N+](=O)[O-])cc4)nc3c2cc1OC. The summed E-state index contributed by atoms with van der Waals surface area (Å²) in [6.07, 6.45) is 0. The van der Waals surface area contributed by atoms with Crippen LogP contribution < -0.4 is 9.47 Å². The first-order valence-corrected chi connectivity index (χ1v) is 11.8. The summed E-state index contributed by atoms with van der Waals surface area (Å²) in [6.45, 7) is 0. The standard InChI is InChI=1S/C24H18N6O6S/c1-35-20-11-18-19(12-21(20)36-2)25-24(37-13-14-4-3-5-17(10-14)30(33)34)28-23(18)26-22(27-28)15-6-8-16(9-7-15)29(31)32/h3-12H,13H2,1-2H3. The van der Waals surface area contributed by atoms with Gasteiger partial charge in [0, 0.05) is 47.0 Å². The van der Waals surface area contributed by atoms with E-state index in [-0.39, 0.29) is 11.4 Å². The van der Waals surface area contributed by atoms with Crippen molar-refractivity contribution in [1.29, 1.82) is 0 Å². The average Bonchev–Trinajstić information content (AvgIpc) is 3.37. The molecule has 0 unspecified atom stereocenters. The second-order valence-corrected chi connectivity index (χ2v) is 8.75. The monoisotopic (exact) mass is 518 g/mol. The zero-order chi connectivity index (χ0) is 26.1. The Morgan fingerprint density at radius 2 is 1.59 bits per heavy atom. The fraction of sp³-hybridized carbons (Fsp3) is 0.125. The Balaban J connectivity index is 1.64. The van der Waals surface area contributed by atoms with Gasteiger partial charge in [-0.2, -0.15) is 4.52 Å². The van der Waals surface area contributed by atoms with E-state index in [1.807, 2.05) is 0 Å². The highest BCUT2D eigenvalue weighted by Crippen LogP contribution is 2.35. The Morgan fingerprint density at radius 3 is 2.27 bits per heavy atom. The molecule has 5 rings (SSSR count). The molecule has 0 saturated carbocycles. The number of nitro benzene ring substituents is 2. The normalized spacial score (nSPS) is 11.1. The first-order valence-electron chi connectivity index (χ1n) is 10.8. The molecule has 0 fully saturated rings. The highest BCUT2D eigenvalue weighted by molar-refractivity contribution is 7.98. The molecule has 0 N–H and O–H groups in total. The summed E-state index contributed by atoms with van der Waals surface area (Å²) in [5.41, 5.74) is 2.41. The third-order valence-electron chi connectivity index (χ3n) is 5.57. The van der Waals surface area contributed by atoms with Gasteiger partial charge in [-0.15, -0.1) is 5.10 Å². The summed E-state index contributed by atoms with van der Waals surface area (Å²) in [7, 11) is 3.06. The molecule has 0 amide bonds. The van der Waals surface area contributed by atoms with E-state index in [1.54, 1.807) is 40.9 Å². The van der Waals surface area contributed by atoms with Crippen LogP contribution in [0.5, 0.6) is 11.5 Å². The van der Waals surface area contributed by atoms with Crippen molar-refractivity contribution in [2.24, 2.45) is 0 Å². The van der Waals surface area contributed by atoms with E-state index in [9.17, 15) is 20.2 Å². The summed E-state index contributed by atoms with van der Waals surface area (Å²) >= 11 is 1.34. The molecule has 2 heterocycles. The van der Waals surface area contributed by atoms with Gasteiger partial charge in [0.15, 0.2) is 28.1 Å². The average molecular weight is 519 g/mol. The predicted molar refractivity (Wildman–Crippen MR) is 136 cm³/mol. The number of thioether (sulfide) groups is 1. The lowest BCUT2D eigenvalue weighted by atomic mass is 10.2. The third-order valence-corrected chi connectivity index (χ3v) is 6.57. The number of methoxy groups -OCH3 is 2. The predicted octanol–water partition coefficient (Wildman–Crippen LogP) is 5.07. The Kier molecular flexibility index (Phi) is 6.27. The van der Waals surface area contributed by atoms with Crippen molar-refractivity contribution in [2.45, 2.75) is 10.9 Å². The van der Waals surface area contributed by atoms with Crippen LogP contribution in [-0.4, -0.2) is 43.6 Å². The molecule has 0 saturated heterocycles. The number of fused-ring (bicyclic) bond motifs is 3. The van der Waals surface area contributed by atoms with E-state index in [0.717, 1.165) is 5.56 Å². The van der Waals surface area contributed by atoms with Crippen molar-refractivity contribution in [2.75, 3.05) is 14.2 Å². The Labute approximate surface area is 213 Å². The van der Waals surface area contributed by atoms with Gasteiger partial charge in [-0.25, -0.2) is 9.97 Å². The van der Waals surface area contributed by atoms with Crippen LogP contribution in [0.1, 0.15) is 5.56 Å². The van der Waals surface area contributed by atoms with Gasteiger partial charge >= 0.3 is 0 Å². The highest BCUT2D eigenvalue weighted by Gasteiger charge is 2.19. The molecule has 0 aliphatic carbocycles. The van der Waals surface area contributed by atoms with E-state index in [2.05, 4.69) is 5.10 Å². The minimum absolute atomic E-state index is 0.00719. The van der Waals surface area contributed by atoms with Gasteiger partial charge in [0.05, 0.1) is 29.6 Å². The summed E-state index contributed by atoms with van der Waals surface area (Å²) in [4.78, 5) is 30.8. The van der Waals surface area contributed by atoms with E-state index in [4.69, 9.17) is 19.4 Å². The minimum atomic E-state index is -0.472. The molecule has 186 valence electrons. The Bertz CT molecular complexity index is 1670. The number of aromatic nitrogens is 4. The first kappa shape index (κ1) is 23.9. The molecule has 3 aromatic carbocycles. The number of rotatable bonds is 8. The van der Waals surface area contributed by atoms with Gasteiger partial charge in [0.25, 0.3) is 11.4 Å². The molecule has 5 aromatic rings. The number of ether oxygens (including phenoxy) is 2. The molecular weight excluding hydrogens is 500 g/mol. The quantitative estimate of drug-likeness (QED) is 0.118. The number of benzene rings is 3. The molecule has 13 heteroatoms. The maximum Gasteiger partial charge on any atom is 0.269 e. The zero-order valence-corrected chi connectivity index (χ0v) is 20.3. The zero-order valence-electron chi connectivity index (χ0n) is 19.5. The number of hydrogen-bond donors (Lipinski definition) is 0. The van der Waals surface area contributed by atoms with E-state index >= 15 is 0 Å². The van der Waals surface area contributed by atoms with Crippen molar-refractivity contribution in [3.05, 3.63) is 86.5 Å². The molecule has 37 heavy (non-hydrogen) atoms. The van der Waals surface area contributed by atoms with E-state index in [0.29, 0.717) is 50.3 Å². The fourth-order valence-corrected chi connectivity index (χ4v) is 4.65. The molecule has 0 spiro atoms. The number of nitro groups is 2. The van der Waals surface area contributed by atoms with Gasteiger partial charge in [-0.05, 0) is 23.8 Å². The highest BCUT2D eigenvalue weighted by atomic mass is 32.2. The lowest BCUT2D eigenvalue weighted by Gasteiger charge is -2.11. The van der Waals surface area contributed by atoms with Gasteiger partial charge in [-0.1, -0.05) is 23.9 Å². The van der Waals surface area contributed by atoms with Crippen molar-refractivity contribution < 1.29 is 19.3 Å². The second kappa shape index (κ2) is 9.70. The van der Waals surface area contributed by atoms with Crippen LogP contribution in [-0.2, 0) is 5.75 Å². The molecule has 0 aliphatic rings. The fourth-order valence-electron chi connectivity index (χ4n) is 3.77. The first-order chi connectivity index (χ1) is 17.9. The Morgan fingerprint density at radius 1 is 0.892 bits per heavy atom. The van der Waals surface area contributed by atoms with Crippen LogP contribution in [0.3, 0.4) is 0 Å². The van der Waals surface area contributed by atoms with Crippen LogP contribution in [0, 0.1) is 20.2 Å². The Hall–Kier alpha value is -4.78. The van der Waals surface area contributed by atoms with Crippen LogP contribution in [0.15, 0.2) is 65.8 Å². The second-order valence-electron chi connectivity index (χ2n) is 7.81. The lowest BCUT2D eigenvalue weighted by Crippen LogP contribution is -2.00. The molecule has 0 bridgehead atoms. The van der Waals surface area contributed by atoms with Crippen LogP contribution in [0.25, 0.3) is 27.9 Å². The summed E-state index contributed by atoms with van der Waals surface area (Å²) in [5, 5.41) is 28.0. The molecular formula is C24H18N6O6S. The minimum Gasteiger partial charge on any atom is -0.493 e. The largest absolute Gasteiger partial charge is 0.493 e. The van der Waals surface area contributed by atoms with Crippen molar-refractivity contribution >= 4 is 39.7 Å². The van der Waals surface area contributed by atoms with E-state index < -0.39 is 9.85 Å². The maximum absolute atomic E-state index is 11.2. The molecule has 12 nitrogen and oxygen atoms in total. The third kappa shape index (κ3) is 4.59. The smallest absolute Gasteiger partial charge is 0.269 e. The van der Waals surface area contributed by atoms with Crippen molar-refractivity contribution in [3.63, 3.8) is 0 Å². The van der Waals surface area contributed by atoms with Crippen LogP contribution >= 0.6 is 11.8 Å². The lowest BCUT2D eigenvalue weighted by molar-refractivity contribution is -0.385. The van der Waals surface area contributed by atoms with Gasteiger partial charge < -0.3 is 9.47 Å². The number of hydrogen-bond acceptors (Lipinski definition) is 10. The topological polar surface area (TPSA) is 148 Å². The summed E-state index contributed by atoms with van der Waals surface area (Å²) < 4.78 is 12.5. The van der Waals surface area contributed by atoms with E-state index in [1.165, 1.54) is 50.2 Å². The summed E-state index contributed by atoms with van der Waals surface area (Å²) in [6, 6.07) is 15.9. The van der Waals surface area contributed by atoms with Crippen molar-refractivity contribution in [1.82, 2.24) is 19.6 Å². The molecule has 2 aromatic heterocycles. The van der Waals surface area contributed by atoms with Gasteiger partial charge in [0.2, 0.25) is 0 Å². The molecule has 0 atom stereocenters. The maximum atomic E-state index is 11.2. The van der Waals surface area contributed by atoms with Gasteiger partial charge in [0.1, 0.15) is 0 Å². The molecule has 0 aliphatic heterocycles. The van der Waals surface area contributed by atoms with Crippen LogP contribution in [0.2, 0.25) is 0 Å².